The molecule has 0 bridgehead atoms. The van der Waals surface area contributed by atoms with Gasteiger partial charge in [-0.2, -0.15) is 5.10 Å². The molecule has 18 heavy (non-hydrogen) atoms. The molecule has 0 saturated heterocycles. The van der Waals surface area contributed by atoms with Gasteiger partial charge in [0.25, 0.3) is 0 Å². The second-order valence-electron chi connectivity index (χ2n) is 4.06. The number of carbonyl (C=O) groups excluding carboxylic acids is 1. The maximum absolute atomic E-state index is 11.5. The lowest BCUT2D eigenvalue weighted by Crippen LogP contribution is -2.07. The maximum Gasteiger partial charge on any atom is 0.340 e. The Morgan fingerprint density at radius 1 is 1.56 bits per heavy atom. The highest BCUT2D eigenvalue weighted by Crippen LogP contribution is 2.27. The lowest BCUT2D eigenvalue weighted by molar-refractivity contribution is 0.0600. The molecule has 0 aliphatic carbocycles. The summed E-state index contributed by atoms with van der Waals surface area (Å²) in [5, 5.41) is 5.27. The molecule has 0 aromatic carbocycles. The fourth-order valence-electron chi connectivity index (χ4n) is 1.71. The third-order valence-electron chi connectivity index (χ3n) is 2.97. The summed E-state index contributed by atoms with van der Waals surface area (Å²) in [5.41, 5.74) is 0.942. The molecule has 2 aromatic rings. The van der Waals surface area contributed by atoms with E-state index in [0.717, 1.165) is 6.42 Å². The number of rotatable bonds is 3. The molecule has 6 heteroatoms. The number of pyridine rings is 1. The van der Waals surface area contributed by atoms with Crippen molar-refractivity contribution in [1.82, 2.24) is 14.8 Å². The van der Waals surface area contributed by atoms with Crippen molar-refractivity contribution in [3.8, 4) is 0 Å². The van der Waals surface area contributed by atoms with E-state index in [1.165, 1.54) is 13.3 Å². The second kappa shape index (κ2) is 4.94. The smallest absolute Gasteiger partial charge is 0.340 e. The van der Waals surface area contributed by atoms with Gasteiger partial charge >= 0.3 is 5.97 Å². The minimum Gasteiger partial charge on any atom is -0.465 e. The van der Waals surface area contributed by atoms with Crippen LogP contribution in [0.15, 0.2) is 12.4 Å². The van der Waals surface area contributed by atoms with E-state index in [-0.39, 0.29) is 11.6 Å². The van der Waals surface area contributed by atoms with E-state index in [2.05, 4.69) is 28.7 Å². The first-order valence-corrected chi connectivity index (χ1v) is 6.08. The molecule has 2 aromatic heterocycles. The standard InChI is InChI=1S/C12H14ClN3O2/c1-4-7(2)16-11-8(6-15-16)10(13)9(5-14-11)12(17)18-3/h5-7H,4H2,1-3H3. The van der Waals surface area contributed by atoms with E-state index >= 15 is 0 Å². The van der Waals surface area contributed by atoms with E-state index in [4.69, 9.17) is 11.6 Å². The van der Waals surface area contributed by atoms with E-state index in [9.17, 15) is 4.79 Å². The first kappa shape index (κ1) is 12.8. The largest absolute Gasteiger partial charge is 0.465 e. The summed E-state index contributed by atoms with van der Waals surface area (Å²) < 4.78 is 6.46. The van der Waals surface area contributed by atoms with Gasteiger partial charge in [-0.05, 0) is 13.3 Å². The van der Waals surface area contributed by atoms with Gasteiger partial charge in [0.15, 0.2) is 5.65 Å². The fourth-order valence-corrected chi connectivity index (χ4v) is 1.97. The van der Waals surface area contributed by atoms with Crippen molar-refractivity contribution in [2.75, 3.05) is 7.11 Å². The van der Waals surface area contributed by atoms with E-state index in [1.54, 1.807) is 6.20 Å². The molecule has 0 amide bonds. The third kappa shape index (κ3) is 1.95. The normalized spacial score (nSPS) is 12.7. The zero-order valence-corrected chi connectivity index (χ0v) is 11.2. The van der Waals surface area contributed by atoms with Gasteiger partial charge in [-0.25, -0.2) is 14.5 Å². The zero-order chi connectivity index (χ0) is 13.3. The van der Waals surface area contributed by atoms with Gasteiger partial charge in [-0.3, -0.25) is 0 Å². The van der Waals surface area contributed by atoms with Crippen molar-refractivity contribution in [2.45, 2.75) is 26.3 Å². The van der Waals surface area contributed by atoms with Crippen LogP contribution in [0.2, 0.25) is 5.02 Å². The molecule has 1 atom stereocenters. The number of esters is 1. The molecule has 0 fully saturated rings. The molecule has 5 nitrogen and oxygen atoms in total. The molecule has 0 radical (unpaired) electrons. The van der Waals surface area contributed by atoms with Gasteiger partial charge in [0.1, 0.15) is 0 Å². The van der Waals surface area contributed by atoms with Crippen LogP contribution in [0, 0.1) is 0 Å². The number of hydrogen-bond donors (Lipinski definition) is 0. The first-order chi connectivity index (χ1) is 8.60. The van der Waals surface area contributed by atoms with Crippen molar-refractivity contribution < 1.29 is 9.53 Å². The monoisotopic (exact) mass is 267 g/mol. The van der Waals surface area contributed by atoms with Crippen molar-refractivity contribution in [2.24, 2.45) is 0 Å². The first-order valence-electron chi connectivity index (χ1n) is 5.70. The predicted octanol–water partition coefficient (Wildman–Crippen LogP) is 2.84. The van der Waals surface area contributed by atoms with Crippen LogP contribution in [-0.2, 0) is 4.74 Å². The fraction of sp³-hybridized carbons (Fsp3) is 0.417. The molecule has 0 N–H and O–H groups in total. The number of hydrogen-bond acceptors (Lipinski definition) is 4. The Morgan fingerprint density at radius 3 is 2.89 bits per heavy atom. The average Bonchev–Trinajstić information content (AvgIpc) is 2.82. The predicted molar refractivity (Wildman–Crippen MR) is 68.9 cm³/mol. The summed E-state index contributed by atoms with van der Waals surface area (Å²) in [5.74, 6) is -0.495. The molecule has 1 unspecified atom stereocenters. The average molecular weight is 268 g/mol. The highest BCUT2D eigenvalue weighted by molar-refractivity contribution is 6.38. The zero-order valence-electron chi connectivity index (χ0n) is 10.5. The Hall–Kier alpha value is -1.62. The van der Waals surface area contributed by atoms with Crippen molar-refractivity contribution >= 4 is 28.6 Å². The Balaban J connectivity index is 2.60. The van der Waals surface area contributed by atoms with E-state index < -0.39 is 5.97 Å². The van der Waals surface area contributed by atoms with Crippen molar-refractivity contribution in [3.63, 3.8) is 0 Å². The van der Waals surface area contributed by atoms with Gasteiger partial charge < -0.3 is 4.74 Å². The summed E-state index contributed by atoms with van der Waals surface area (Å²) >= 11 is 6.18. The molecule has 0 saturated carbocycles. The number of aromatic nitrogens is 3. The van der Waals surface area contributed by atoms with Crippen LogP contribution in [0.4, 0.5) is 0 Å². The van der Waals surface area contributed by atoms with Crippen LogP contribution in [-0.4, -0.2) is 27.8 Å². The molecule has 2 rings (SSSR count). The summed E-state index contributed by atoms with van der Waals surface area (Å²) in [6.07, 6.45) is 4.00. The number of nitrogens with zero attached hydrogens (tertiary/aromatic N) is 3. The molecule has 2 heterocycles. The highest BCUT2D eigenvalue weighted by Gasteiger charge is 2.18. The van der Waals surface area contributed by atoms with Crippen LogP contribution >= 0.6 is 11.6 Å². The molecule has 0 spiro atoms. The Labute approximate surface area is 110 Å². The summed E-state index contributed by atoms with van der Waals surface area (Å²) in [4.78, 5) is 15.8. The Kier molecular flexibility index (Phi) is 3.52. The van der Waals surface area contributed by atoms with Crippen LogP contribution in [0.5, 0.6) is 0 Å². The number of methoxy groups -OCH3 is 1. The highest BCUT2D eigenvalue weighted by atomic mass is 35.5. The van der Waals surface area contributed by atoms with Crippen LogP contribution < -0.4 is 0 Å². The minimum absolute atomic E-state index is 0.232. The van der Waals surface area contributed by atoms with Crippen LogP contribution in [0.1, 0.15) is 36.7 Å². The SMILES string of the molecule is CCC(C)n1ncc2c(Cl)c(C(=O)OC)cnc21. The van der Waals surface area contributed by atoms with Gasteiger partial charge in [-0.1, -0.05) is 18.5 Å². The lowest BCUT2D eigenvalue weighted by atomic mass is 10.2. The number of fused-ring (bicyclic) bond motifs is 1. The molecular weight excluding hydrogens is 254 g/mol. The lowest BCUT2D eigenvalue weighted by Gasteiger charge is -2.10. The third-order valence-corrected chi connectivity index (χ3v) is 3.38. The van der Waals surface area contributed by atoms with E-state index in [0.29, 0.717) is 16.1 Å². The van der Waals surface area contributed by atoms with Gasteiger partial charge in [0.05, 0.1) is 35.3 Å². The molecule has 96 valence electrons. The second-order valence-corrected chi connectivity index (χ2v) is 4.44. The van der Waals surface area contributed by atoms with Crippen molar-refractivity contribution in [1.29, 1.82) is 0 Å². The van der Waals surface area contributed by atoms with Gasteiger partial charge in [0.2, 0.25) is 0 Å². The molecular formula is C12H14ClN3O2. The summed E-state index contributed by atoms with van der Waals surface area (Å²) in [6.45, 7) is 4.12. The summed E-state index contributed by atoms with van der Waals surface area (Å²) in [6, 6.07) is 0.232. The summed E-state index contributed by atoms with van der Waals surface area (Å²) in [7, 11) is 1.31. The number of ether oxygens (including phenoxy) is 1. The molecule has 0 aliphatic heterocycles. The molecule has 0 aliphatic rings. The minimum atomic E-state index is -0.495. The maximum atomic E-state index is 11.5. The number of halogens is 1. The topological polar surface area (TPSA) is 57.0 Å². The Morgan fingerprint density at radius 2 is 2.28 bits per heavy atom. The van der Waals surface area contributed by atoms with Gasteiger partial charge in [0, 0.05) is 6.20 Å². The quantitative estimate of drug-likeness (QED) is 0.803. The number of carbonyl (C=O) groups is 1. The Bertz CT molecular complexity index is 594. The van der Waals surface area contributed by atoms with Gasteiger partial charge in [-0.15, -0.1) is 0 Å². The van der Waals surface area contributed by atoms with Crippen LogP contribution in [0.25, 0.3) is 11.0 Å². The van der Waals surface area contributed by atoms with Crippen molar-refractivity contribution in [3.05, 3.63) is 23.0 Å². The van der Waals surface area contributed by atoms with E-state index in [1.807, 2.05) is 4.68 Å². The van der Waals surface area contributed by atoms with Crippen LogP contribution in [0.3, 0.4) is 0 Å².